The lowest BCUT2D eigenvalue weighted by Crippen LogP contribution is -2.24. The highest BCUT2D eigenvalue weighted by atomic mass is 79.9. The molecular formula is C6H9BrN2S. The van der Waals surface area contributed by atoms with E-state index in [0.717, 1.165) is 13.0 Å². The SMILES string of the molecule is NNCCc1sccc1Br. The molecule has 56 valence electrons. The Kier molecular flexibility index (Phi) is 3.34. The van der Waals surface area contributed by atoms with Crippen LogP contribution in [0, 0.1) is 0 Å². The van der Waals surface area contributed by atoms with Crippen LogP contribution in [0.4, 0.5) is 0 Å². The van der Waals surface area contributed by atoms with Crippen LogP contribution in [-0.4, -0.2) is 6.54 Å². The minimum Gasteiger partial charge on any atom is -0.271 e. The third kappa shape index (κ3) is 2.05. The van der Waals surface area contributed by atoms with Crippen LogP contribution in [0.25, 0.3) is 0 Å². The van der Waals surface area contributed by atoms with Gasteiger partial charge in [-0.3, -0.25) is 11.3 Å². The monoisotopic (exact) mass is 220 g/mol. The first-order valence-corrected chi connectivity index (χ1v) is 4.67. The molecule has 0 saturated heterocycles. The highest BCUT2D eigenvalue weighted by molar-refractivity contribution is 9.10. The van der Waals surface area contributed by atoms with Crippen LogP contribution in [-0.2, 0) is 6.42 Å². The lowest BCUT2D eigenvalue weighted by Gasteiger charge is -1.95. The summed E-state index contributed by atoms with van der Waals surface area (Å²) < 4.78 is 1.19. The molecule has 0 radical (unpaired) electrons. The van der Waals surface area contributed by atoms with E-state index in [1.54, 1.807) is 11.3 Å². The molecule has 0 aliphatic heterocycles. The quantitative estimate of drug-likeness (QED) is 0.599. The van der Waals surface area contributed by atoms with Crippen LogP contribution >= 0.6 is 27.3 Å². The van der Waals surface area contributed by atoms with Crippen LogP contribution in [0.3, 0.4) is 0 Å². The molecule has 0 atom stereocenters. The zero-order valence-electron chi connectivity index (χ0n) is 5.43. The Balaban J connectivity index is 2.49. The molecule has 0 saturated carbocycles. The van der Waals surface area contributed by atoms with Crippen LogP contribution in [0.1, 0.15) is 4.88 Å². The average molecular weight is 221 g/mol. The Labute approximate surface area is 72.5 Å². The molecular weight excluding hydrogens is 212 g/mol. The van der Waals surface area contributed by atoms with Crippen molar-refractivity contribution in [2.75, 3.05) is 6.54 Å². The van der Waals surface area contributed by atoms with E-state index in [2.05, 4.69) is 32.8 Å². The van der Waals surface area contributed by atoms with E-state index in [1.807, 2.05) is 0 Å². The average Bonchev–Trinajstić information content (AvgIpc) is 2.31. The van der Waals surface area contributed by atoms with Crippen LogP contribution in [0.2, 0.25) is 0 Å². The van der Waals surface area contributed by atoms with Gasteiger partial charge in [0.1, 0.15) is 0 Å². The lowest BCUT2D eigenvalue weighted by molar-refractivity contribution is 0.732. The van der Waals surface area contributed by atoms with Gasteiger partial charge in [-0.15, -0.1) is 11.3 Å². The highest BCUT2D eigenvalue weighted by Crippen LogP contribution is 2.22. The molecule has 0 spiro atoms. The van der Waals surface area contributed by atoms with Gasteiger partial charge in [-0.25, -0.2) is 0 Å². The molecule has 0 aliphatic carbocycles. The first kappa shape index (κ1) is 8.20. The molecule has 0 aromatic carbocycles. The van der Waals surface area contributed by atoms with Gasteiger partial charge in [0, 0.05) is 15.9 Å². The van der Waals surface area contributed by atoms with Crippen LogP contribution < -0.4 is 11.3 Å². The van der Waals surface area contributed by atoms with Crippen molar-refractivity contribution in [3.63, 3.8) is 0 Å². The number of nitrogens with two attached hydrogens (primary N) is 1. The fourth-order valence-corrected chi connectivity index (χ4v) is 2.24. The summed E-state index contributed by atoms with van der Waals surface area (Å²) in [5.41, 5.74) is 2.62. The third-order valence-corrected chi connectivity index (χ3v) is 3.17. The van der Waals surface area contributed by atoms with Crippen molar-refractivity contribution in [2.24, 2.45) is 5.84 Å². The summed E-state index contributed by atoms with van der Waals surface area (Å²) >= 11 is 5.19. The van der Waals surface area contributed by atoms with Crippen molar-refractivity contribution in [2.45, 2.75) is 6.42 Å². The smallest absolute Gasteiger partial charge is 0.0314 e. The summed E-state index contributed by atoms with van der Waals surface area (Å²) in [7, 11) is 0. The molecule has 0 aliphatic rings. The fraction of sp³-hybridized carbons (Fsp3) is 0.333. The van der Waals surface area contributed by atoms with Gasteiger partial charge < -0.3 is 0 Å². The topological polar surface area (TPSA) is 38.0 Å². The summed E-state index contributed by atoms with van der Waals surface area (Å²) in [6, 6.07) is 2.05. The second-order valence-corrected chi connectivity index (χ2v) is 3.75. The Morgan fingerprint density at radius 2 is 2.50 bits per heavy atom. The van der Waals surface area contributed by atoms with Crippen molar-refractivity contribution >= 4 is 27.3 Å². The zero-order valence-corrected chi connectivity index (χ0v) is 7.83. The Morgan fingerprint density at radius 3 is 3.00 bits per heavy atom. The minimum atomic E-state index is 0.832. The standard InChI is InChI=1S/C6H9BrN2S/c7-5-2-4-10-6(5)1-3-9-8/h2,4,9H,1,3,8H2. The summed E-state index contributed by atoms with van der Waals surface area (Å²) in [5, 5.41) is 2.07. The van der Waals surface area contributed by atoms with Gasteiger partial charge in [0.05, 0.1) is 0 Å². The molecule has 1 rings (SSSR count). The maximum atomic E-state index is 5.13. The highest BCUT2D eigenvalue weighted by Gasteiger charge is 1.98. The van der Waals surface area contributed by atoms with Crippen molar-refractivity contribution < 1.29 is 0 Å². The minimum absolute atomic E-state index is 0.832. The normalized spacial score (nSPS) is 10.2. The van der Waals surface area contributed by atoms with Gasteiger partial charge in [-0.2, -0.15) is 0 Å². The number of nitrogens with one attached hydrogen (secondary N) is 1. The van der Waals surface area contributed by atoms with Gasteiger partial charge in [0.25, 0.3) is 0 Å². The lowest BCUT2D eigenvalue weighted by atomic mass is 10.3. The van der Waals surface area contributed by atoms with E-state index in [9.17, 15) is 0 Å². The van der Waals surface area contributed by atoms with E-state index in [1.165, 1.54) is 9.35 Å². The van der Waals surface area contributed by atoms with Gasteiger partial charge in [0.15, 0.2) is 0 Å². The summed E-state index contributed by atoms with van der Waals surface area (Å²) in [6.45, 7) is 0.832. The predicted molar refractivity (Wildman–Crippen MR) is 47.9 cm³/mol. The number of rotatable bonds is 3. The molecule has 3 N–H and O–H groups in total. The van der Waals surface area contributed by atoms with E-state index in [0.29, 0.717) is 0 Å². The number of hydrogen-bond acceptors (Lipinski definition) is 3. The van der Waals surface area contributed by atoms with E-state index in [-0.39, 0.29) is 0 Å². The Morgan fingerprint density at radius 1 is 1.70 bits per heavy atom. The number of hydrazine groups is 1. The fourth-order valence-electron chi connectivity index (χ4n) is 0.689. The first-order chi connectivity index (χ1) is 4.84. The predicted octanol–water partition coefficient (Wildman–Crippen LogP) is 1.52. The van der Waals surface area contributed by atoms with E-state index < -0.39 is 0 Å². The summed E-state index contributed by atoms with van der Waals surface area (Å²) in [5.74, 6) is 5.13. The summed E-state index contributed by atoms with van der Waals surface area (Å²) in [4.78, 5) is 1.35. The molecule has 1 aromatic heterocycles. The zero-order chi connectivity index (χ0) is 7.40. The molecule has 10 heavy (non-hydrogen) atoms. The van der Waals surface area contributed by atoms with Crippen molar-refractivity contribution in [3.8, 4) is 0 Å². The first-order valence-electron chi connectivity index (χ1n) is 3.00. The number of halogens is 1. The van der Waals surface area contributed by atoms with Gasteiger partial charge in [-0.1, -0.05) is 0 Å². The molecule has 0 amide bonds. The Bertz CT molecular complexity index is 199. The van der Waals surface area contributed by atoms with Crippen molar-refractivity contribution in [1.29, 1.82) is 0 Å². The Hall–Kier alpha value is 0.100. The molecule has 0 fully saturated rings. The third-order valence-electron chi connectivity index (χ3n) is 1.19. The summed E-state index contributed by atoms with van der Waals surface area (Å²) in [6.07, 6.45) is 0.995. The number of hydrogen-bond donors (Lipinski definition) is 2. The molecule has 2 nitrogen and oxygen atoms in total. The molecule has 1 aromatic rings. The molecule has 4 heteroatoms. The molecule has 0 bridgehead atoms. The number of thiophene rings is 1. The van der Waals surface area contributed by atoms with Crippen LogP contribution in [0.15, 0.2) is 15.9 Å². The van der Waals surface area contributed by atoms with Gasteiger partial charge >= 0.3 is 0 Å². The second-order valence-electron chi connectivity index (χ2n) is 1.90. The largest absolute Gasteiger partial charge is 0.271 e. The maximum Gasteiger partial charge on any atom is 0.0314 e. The van der Waals surface area contributed by atoms with Gasteiger partial charge in [-0.05, 0) is 33.8 Å². The molecule has 0 unspecified atom stereocenters. The van der Waals surface area contributed by atoms with Crippen LogP contribution in [0.5, 0.6) is 0 Å². The van der Waals surface area contributed by atoms with E-state index in [4.69, 9.17) is 5.84 Å². The van der Waals surface area contributed by atoms with Crippen molar-refractivity contribution in [3.05, 3.63) is 20.8 Å². The molecule has 1 heterocycles. The van der Waals surface area contributed by atoms with E-state index >= 15 is 0 Å². The maximum absolute atomic E-state index is 5.13. The van der Waals surface area contributed by atoms with Gasteiger partial charge in [0.2, 0.25) is 0 Å². The second kappa shape index (κ2) is 4.08. The van der Waals surface area contributed by atoms with Crippen molar-refractivity contribution in [1.82, 2.24) is 5.43 Å².